The van der Waals surface area contributed by atoms with Crippen LogP contribution in [-0.2, 0) is 11.8 Å². The first-order chi connectivity index (χ1) is 11.3. The summed E-state index contributed by atoms with van der Waals surface area (Å²) in [6.07, 6.45) is 14.2. The average Bonchev–Trinajstić information content (AvgIpc) is 3.09. The number of nitrogens with zero attached hydrogens (tertiary/aromatic N) is 3. The molecule has 0 aromatic carbocycles. The van der Waals surface area contributed by atoms with E-state index in [4.69, 9.17) is 5.73 Å². The summed E-state index contributed by atoms with van der Waals surface area (Å²) in [4.78, 5) is 8.52. The van der Waals surface area contributed by atoms with E-state index in [1.807, 2.05) is 24.9 Å². The summed E-state index contributed by atoms with van der Waals surface area (Å²) in [5, 5.41) is 0. The minimum Gasteiger partial charge on any atom is -0.359 e. The van der Waals surface area contributed by atoms with Crippen molar-refractivity contribution in [3.05, 3.63) is 48.3 Å². The lowest BCUT2D eigenvalue weighted by Gasteiger charge is -2.37. The topological polar surface area (TPSA) is 56.7 Å². The first-order valence-electron chi connectivity index (χ1n) is 8.39. The summed E-state index contributed by atoms with van der Waals surface area (Å²) in [7, 11) is 0. The lowest BCUT2D eigenvalue weighted by atomic mass is 9.70. The fourth-order valence-corrected chi connectivity index (χ4v) is 3.86. The molecular weight excluding hydrogens is 284 g/mol. The zero-order valence-electron chi connectivity index (χ0n) is 13.7. The Morgan fingerprint density at radius 3 is 2.91 bits per heavy atom. The fourth-order valence-electron chi connectivity index (χ4n) is 3.86. The maximum atomic E-state index is 5.47. The Bertz CT molecular complexity index is 695. The molecule has 2 N–H and O–H groups in total. The van der Waals surface area contributed by atoms with Crippen molar-refractivity contribution in [1.82, 2.24) is 14.5 Å². The quantitative estimate of drug-likeness (QED) is 0.681. The highest BCUT2D eigenvalue weighted by molar-refractivity contribution is 5.26. The van der Waals surface area contributed by atoms with Gasteiger partial charge in [0.05, 0.1) is 6.33 Å². The van der Waals surface area contributed by atoms with E-state index < -0.39 is 0 Å². The summed E-state index contributed by atoms with van der Waals surface area (Å²) in [6, 6.07) is 7.32. The number of aryl methyl sites for hydroxylation is 1. The first kappa shape index (κ1) is 15.6. The summed E-state index contributed by atoms with van der Waals surface area (Å²) in [5.74, 6) is 3.13. The summed E-state index contributed by atoms with van der Waals surface area (Å²) >= 11 is 0. The smallest absolute Gasteiger partial charge is 0.0950 e. The third kappa shape index (κ3) is 3.10. The summed E-state index contributed by atoms with van der Waals surface area (Å²) in [6.45, 7) is 2.25. The average molecular weight is 308 g/mol. The van der Waals surface area contributed by atoms with Crippen LogP contribution in [0.1, 0.15) is 56.3 Å². The van der Waals surface area contributed by atoms with Gasteiger partial charge in [0.2, 0.25) is 0 Å². The van der Waals surface area contributed by atoms with Crippen LogP contribution in [0.3, 0.4) is 0 Å². The van der Waals surface area contributed by atoms with Crippen LogP contribution in [0.5, 0.6) is 0 Å². The molecule has 0 aliphatic carbocycles. The Morgan fingerprint density at radius 1 is 1.35 bits per heavy atom. The maximum Gasteiger partial charge on any atom is 0.0950 e. The van der Waals surface area contributed by atoms with Crippen LogP contribution in [0.15, 0.2) is 37.1 Å². The van der Waals surface area contributed by atoms with Crippen LogP contribution in [-0.4, -0.2) is 14.5 Å². The van der Waals surface area contributed by atoms with Gasteiger partial charge in [-0.25, -0.2) is 4.98 Å². The van der Waals surface area contributed by atoms with Crippen LogP contribution in [0, 0.1) is 12.0 Å². The Morgan fingerprint density at radius 2 is 2.17 bits per heavy atom. The number of hydrogen-bond donors (Lipinski definition) is 1. The van der Waals surface area contributed by atoms with Crippen molar-refractivity contribution >= 4 is 0 Å². The van der Waals surface area contributed by atoms with Crippen LogP contribution >= 0.6 is 0 Å². The van der Waals surface area contributed by atoms with Gasteiger partial charge in [-0.05, 0) is 49.8 Å². The van der Waals surface area contributed by atoms with E-state index in [9.17, 15) is 0 Å². The lowest BCUT2D eigenvalue weighted by molar-refractivity contribution is 0.273. The molecule has 0 fully saturated rings. The molecule has 3 rings (SSSR count). The number of pyridine rings is 1. The molecule has 1 aliphatic heterocycles. The number of fused-ring (bicyclic) bond motifs is 1. The van der Waals surface area contributed by atoms with Crippen molar-refractivity contribution in [2.45, 2.75) is 56.9 Å². The molecule has 2 aromatic rings. The van der Waals surface area contributed by atoms with E-state index in [2.05, 4.69) is 45.6 Å². The molecule has 0 radical (unpaired) electrons. The molecule has 0 amide bonds. The first-order valence-corrected chi connectivity index (χ1v) is 8.39. The second-order valence-electron chi connectivity index (χ2n) is 6.41. The number of hydrogen-bond acceptors (Lipinski definition) is 3. The third-order valence-electron chi connectivity index (χ3n) is 5.23. The van der Waals surface area contributed by atoms with Gasteiger partial charge in [-0.1, -0.05) is 12.8 Å². The zero-order chi connectivity index (χ0) is 16.1. The highest BCUT2D eigenvalue weighted by Crippen LogP contribution is 2.42. The highest BCUT2D eigenvalue weighted by atomic mass is 15.1. The molecule has 0 spiro atoms. The van der Waals surface area contributed by atoms with E-state index in [1.165, 1.54) is 24.1 Å². The van der Waals surface area contributed by atoms with E-state index in [0.29, 0.717) is 6.04 Å². The molecule has 2 unspecified atom stereocenters. The van der Waals surface area contributed by atoms with Crippen molar-refractivity contribution in [3.8, 4) is 12.0 Å². The van der Waals surface area contributed by atoms with Crippen LogP contribution in [0.4, 0.5) is 0 Å². The molecular formula is C19H24N4. The van der Waals surface area contributed by atoms with Gasteiger partial charge in [0, 0.05) is 48.2 Å². The predicted molar refractivity (Wildman–Crippen MR) is 91.6 cm³/mol. The number of aromatic nitrogens is 3. The monoisotopic (exact) mass is 308 g/mol. The minimum absolute atomic E-state index is 0.0128. The second kappa shape index (κ2) is 6.87. The lowest BCUT2D eigenvalue weighted by Crippen LogP contribution is -2.31. The van der Waals surface area contributed by atoms with Gasteiger partial charge in [-0.3, -0.25) is 4.98 Å². The van der Waals surface area contributed by atoms with Crippen LogP contribution in [0.2, 0.25) is 0 Å². The molecule has 0 bridgehead atoms. The molecule has 23 heavy (non-hydrogen) atoms. The summed E-state index contributed by atoms with van der Waals surface area (Å²) < 4.78 is 2.37. The molecule has 2 aromatic heterocycles. The van der Waals surface area contributed by atoms with Crippen LogP contribution in [0.25, 0.3) is 0 Å². The van der Waals surface area contributed by atoms with Gasteiger partial charge >= 0.3 is 0 Å². The number of nitrogens with two attached hydrogens (primary N) is 1. The van der Waals surface area contributed by atoms with Crippen molar-refractivity contribution < 1.29 is 0 Å². The summed E-state index contributed by atoms with van der Waals surface area (Å²) in [5.41, 5.74) is 8.15. The Balaban J connectivity index is 1.95. The van der Waals surface area contributed by atoms with Crippen molar-refractivity contribution in [3.63, 3.8) is 0 Å². The SMILES string of the molecule is CCC(CC#CN)(CC1CCCc2cncn21)c1ccncc1. The molecule has 2 atom stereocenters. The third-order valence-corrected chi connectivity index (χ3v) is 5.23. The van der Waals surface area contributed by atoms with Crippen molar-refractivity contribution in [1.29, 1.82) is 0 Å². The van der Waals surface area contributed by atoms with Gasteiger partial charge < -0.3 is 10.3 Å². The van der Waals surface area contributed by atoms with Gasteiger partial charge in [0.25, 0.3) is 0 Å². The van der Waals surface area contributed by atoms with E-state index in [0.717, 1.165) is 25.7 Å². The van der Waals surface area contributed by atoms with Gasteiger partial charge in [0.15, 0.2) is 0 Å². The molecule has 4 nitrogen and oxygen atoms in total. The van der Waals surface area contributed by atoms with Crippen molar-refractivity contribution in [2.75, 3.05) is 0 Å². The largest absolute Gasteiger partial charge is 0.359 e. The van der Waals surface area contributed by atoms with Crippen LogP contribution < -0.4 is 5.73 Å². The van der Waals surface area contributed by atoms with Crippen molar-refractivity contribution in [2.24, 2.45) is 5.73 Å². The predicted octanol–water partition coefficient (Wildman–Crippen LogP) is 3.20. The zero-order valence-corrected chi connectivity index (χ0v) is 13.7. The number of imidazole rings is 1. The standard InChI is InChI=1S/C19H24N4/c1-2-19(9-4-10-20,16-7-11-21-12-8-16)13-17-5-3-6-18-14-22-15-23(17)18/h7-8,11-12,14-15,17H,2-3,5-6,9,13,20H2,1H3. The van der Waals surface area contributed by atoms with Gasteiger partial charge in [-0.2, -0.15) is 0 Å². The molecule has 1 aliphatic rings. The van der Waals surface area contributed by atoms with E-state index in [-0.39, 0.29) is 5.41 Å². The minimum atomic E-state index is 0.0128. The second-order valence-corrected chi connectivity index (χ2v) is 6.41. The van der Waals surface area contributed by atoms with Gasteiger partial charge in [0.1, 0.15) is 0 Å². The molecule has 3 heterocycles. The fraction of sp³-hybridized carbons (Fsp3) is 0.474. The molecule has 4 heteroatoms. The molecule has 0 saturated heterocycles. The highest BCUT2D eigenvalue weighted by Gasteiger charge is 2.34. The van der Waals surface area contributed by atoms with Gasteiger partial charge in [-0.15, -0.1) is 0 Å². The van der Waals surface area contributed by atoms with E-state index in [1.54, 1.807) is 0 Å². The normalized spacial score (nSPS) is 19.3. The van der Waals surface area contributed by atoms with E-state index >= 15 is 0 Å². The molecule has 0 saturated carbocycles. The Hall–Kier alpha value is -2.28. The Labute approximate surface area is 138 Å². The number of rotatable bonds is 5. The Kier molecular flexibility index (Phi) is 4.66. The molecule has 120 valence electrons. The maximum absolute atomic E-state index is 5.47.